The average molecular weight is 420 g/mol. The number of tetrazole rings is 1. The molecule has 0 fully saturated rings. The summed E-state index contributed by atoms with van der Waals surface area (Å²) >= 11 is 6.43. The highest BCUT2D eigenvalue weighted by Crippen LogP contribution is 2.34. The Morgan fingerprint density at radius 2 is 2.00 bits per heavy atom. The highest BCUT2D eigenvalue weighted by molar-refractivity contribution is 6.31. The quantitative estimate of drug-likeness (QED) is 0.522. The Kier molecular flexibility index (Phi) is 7.24. The van der Waals surface area contributed by atoms with Crippen molar-refractivity contribution in [2.24, 2.45) is 0 Å². The molecule has 3 rings (SSSR count). The standard InChI is InChI=1S/C20H23ClFN5O2/c1-3-4-9-27-20(24-25-26-27)23-12-15-10-18(28-2)19(11-16(15)21)29-13-14-7-5-6-8-17(14)22/h5-8,10-11H,3-4,9,12-13H2,1-2H3,(H,23,24,26). The van der Waals surface area contributed by atoms with Gasteiger partial charge in [0, 0.05) is 29.7 Å². The van der Waals surface area contributed by atoms with Gasteiger partial charge in [0.2, 0.25) is 5.95 Å². The zero-order valence-electron chi connectivity index (χ0n) is 16.4. The molecule has 0 aliphatic heterocycles. The Bertz CT molecular complexity index is 950. The zero-order valence-corrected chi connectivity index (χ0v) is 17.1. The van der Waals surface area contributed by atoms with Crippen molar-refractivity contribution in [3.05, 3.63) is 58.4 Å². The van der Waals surface area contributed by atoms with Crippen molar-refractivity contribution in [3.8, 4) is 11.5 Å². The van der Waals surface area contributed by atoms with E-state index >= 15 is 0 Å². The fourth-order valence-electron chi connectivity index (χ4n) is 2.72. The van der Waals surface area contributed by atoms with Crippen LogP contribution in [0.1, 0.15) is 30.9 Å². The number of methoxy groups -OCH3 is 1. The predicted octanol–water partition coefficient (Wildman–Crippen LogP) is 4.47. The normalized spacial score (nSPS) is 10.8. The molecule has 7 nitrogen and oxygen atoms in total. The summed E-state index contributed by atoms with van der Waals surface area (Å²) in [6.07, 6.45) is 2.04. The Hall–Kier alpha value is -2.87. The van der Waals surface area contributed by atoms with Gasteiger partial charge in [0.05, 0.1) is 7.11 Å². The molecule has 0 amide bonds. The molecule has 29 heavy (non-hydrogen) atoms. The molecule has 1 heterocycles. The number of benzene rings is 2. The maximum absolute atomic E-state index is 13.8. The summed E-state index contributed by atoms with van der Waals surface area (Å²) in [6.45, 7) is 3.34. The fourth-order valence-corrected chi connectivity index (χ4v) is 2.94. The lowest BCUT2D eigenvalue weighted by atomic mass is 10.2. The van der Waals surface area contributed by atoms with Crippen molar-refractivity contribution in [1.82, 2.24) is 20.2 Å². The Labute approximate surface area is 173 Å². The lowest BCUT2D eigenvalue weighted by Gasteiger charge is -2.15. The van der Waals surface area contributed by atoms with Crippen molar-refractivity contribution in [2.45, 2.75) is 39.5 Å². The second-order valence-electron chi connectivity index (χ2n) is 6.41. The summed E-state index contributed by atoms with van der Waals surface area (Å²) in [4.78, 5) is 0. The van der Waals surface area contributed by atoms with Gasteiger partial charge < -0.3 is 14.8 Å². The zero-order chi connectivity index (χ0) is 20.6. The second kappa shape index (κ2) is 10.1. The van der Waals surface area contributed by atoms with E-state index in [-0.39, 0.29) is 12.4 Å². The first-order chi connectivity index (χ1) is 14.1. The smallest absolute Gasteiger partial charge is 0.243 e. The molecule has 3 aromatic rings. The second-order valence-corrected chi connectivity index (χ2v) is 6.81. The first kappa shape index (κ1) is 20.9. The van der Waals surface area contributed by atoms with Crippen LogP contribution in [0.15, 0.2) is 36.4 Å². The molecule has 0 radical (unpaired) electrons. The van der Waals surface area contributed by atoms with Gasteiger partial charge in [0.1, 0.15) is 12.4 Å². The van der Waals surface area contributed by atoms with E-state index in [0.717, 1.165) is 24.9 Å². The van der Waals surface area contributed by atoms with Crippen LogP contribution in [0.3, 0.4) is 0 Å². The van der Waals surface area contributed by atoms with Crippen LogP contribution in [0.5, 0.6) is 11.5 Å². The number of aryl methyl sites for hydroxylation is 1. The van der Waals surface area contributed by atoms with Crippen molar-refractivity contribution in [1.29, 1.82) is 0 Å². The molecule has 0 spiro atoms. The number of rotatable bonds is 10. The van der Waals surface area contributed by atoms with Crippen LogP contribution in [-0.4, -0.2) is 27.3 Å². The van der Waals surface area contributed by atoms with Crippen LogP contribution < -0.4 is 14.8 Å². The van der Waals surface area contributed by atoms with E-state index in [0.29, 0.717) is 34.6 Å². The maximum Gasteiger partial charge on any atom is 0.243 e. The van der Waals surface area contributed by atoms with E-state index in [1.807, 2.05) is 0 Å². The summed E-state index contributed by atoms with van der Waals surface area (Å²) in [5, 5.41) is 15.4. The first-order valence-corrected chi connectivity index (χ1v) is 9.72. The van der Waals surface area contributed by atoms with E-state index in [9.17, 15) is 4.39 Å². The van der Waals surface area contributed by atoms with Gasteiger partial charge in [0.25, 0.3) is 0 Å². The largest absolute Gasteiger partial charge is 0.493 e. The number of hydrogen-bond acceptors (Lipinski definition) is 6. The van der Waals surface area contributed by atoms with E-state index in [1.165, 1.54) is 6.07 Å². The number of unbranched alkanes of at least 4 members (excludes halogenated alkanes) is 1. The van der Waals surface area contributed by atoms with Gasteiger partial charge in [-0.05, 0) is 34.5 Å². The van der Waals surface area contributed by atoms with E-state index < -0.39 is 0 Å². The van der Waals surface area contributed by atoms with Crippen molar-refractivity contribution in [3.63, 3.8) is 0 Å². The highest BCUT2D eigenvalue weighted by atomic mass is 35.5. The van der Waals surface area contributed by atoms with E-state index in [1.54, 1.807) is 42.1 Å². The summed E-state index contributed by atoms with van der Waals surface area (Å²) in [5.74, 6) is 1.21. The van der Waals surface area contributed by atoms with Crippen LogP contribution in [0, 0.1) is 5.82 Å². The third-order valence-corrected chi connectivity index (χ3v) is 4.72. The molecular weight excluding hydrogens is 397 g/mol. The van der Waals surface area contributed by atoms with Gasteiger partial charge in [-0.1, -0.05) is 48.2 Å². The van der Waals surface area contributed by atoms with Crippen LogP contribution in [0.2, 0.25) is 5.02 Å². The molecule has 0 aliphatic rings. The van der Waals surface area contributed by atoms with Crippen LogP contribution >= 0.6 is 11.6 Å². The number of aromatic nitrogens is 4. The van der Waals surface area contributed by atoms with E-state index in [2.05, 4.69) is 27.8 Å². The summed E-state index contributed by atoms with van der Waals surface area (Å²) in [7, 11) is 1.54. The number of ether oxygens (including phenoxy) is 2. The van der Waals surface area contributed by atoms with Gasteiger partial charge in [-0.25, -0.2) is 9.07 Å². The fraction of sp³-hybridized carbons (Fsp3) is 0.350. The molecule has 0 atom stereocenters. The number of halogens is 2. The van der Waals surface area contributed by atoms with Gasteiger partial charge in [-0.15, -0.1) is 0 Å². The molecule has 1 N–H and O–H groups in total. The third-order valence-electron chi connectivity index (χ3n) is 4.37. The minimum atomic E-state index is -0.320. The Balaban J connectivity index is 1.70. The first-order valence-electron chi connectivity index (χ1n) is 9.35. The molecular formula is C20H23ClFN5O2. The van der Waals surface area contributed by atoms with Gasteiger partial charge in [0.15, 0.2) is 11.5 Å². The SMILES string of the molecule is CCCCn1nnnc1NCc1cc(OC)c(OCc2ccccc2F)cc1Cl. The van der Waals surface area contributed by atoms with Crippen molar-refractivity contribution < 1.29 is 13.9 Å². The Morgan fingerprint density at radius 3 is 2.76 bits per heavy atom. The summed E-state index contributed by atoms with van der Waals surface area (Å²) in [6, 6.07) is 9.91. The Morgan fingerprint density at radius 1 is 1.17 bits per heavy atom. The number of hydrogen-bond donors (Lipinski definition) is 1. The molecule has 2 aromatic carbocycles. The highest BCUT2D eigenvalue weighted by Gasteiger charge is 2.13. The van der Waals surface area contributed by atoms with Gasteiger partial charge in [-0.3, -0.25) is 0 Å². The average Bonchev–Trinajstić information content (AvgIpc) is 3.18. The molecule has 154 valence electrons. The van der Waals surface area contributed by atoms with Crippen molar-refractivity contribution >= 4 is 17.5 Å². The maximum atomic E-state index is 13.8. The van der Waals surface area contributed by atoms with Gasteiger partial charge >= 0.3 is 0 Å². The van der Waals surface area contributed by atoms with Crippen LogP contribution in [0.4, 0.5) is 10.3 Å². The molecule has 0 saturated heterocycles. The predicted molar refractivity (Wildman–Crippen MR) is 109 cm³/mol. The minimum absolute atomic E-state index is 0.0726. The lowest BCUT2D eigenvalue weighted by Crippen LogP contribution is -2.09. The molecule has 9 heteroatoms. The third kappa shape index (κ3) is 5.35. The summed E-state index contributed by atoms with van der Waals surface area (Å²) < 4.78 is 26.7. The van der Waals surface area contributed by atoms with Crippen LogP contribution in [-0.2, 0) is 19.7 Å². The van der Waals surface area contributed by atoms with Crippen molar-refractivity contribution in [2.75, 3.05) is 12.4 Å². The molecule has 0 bridgehead atoms. The summed E-state index contributed by atoms with van der Waals surface area (Å²) in [5.41, 5.74) is 1.25. The monoisotopic (exact) mass is 419 g/mol. The molecule has 0 saturated carbocycles. The van der Waals surface area contributed by atoms with Crippen LogP contribution in [0.25, 0.3) is 0 Å². The lowest BCUT2D eigenvalue weighted by molar-refractivity contribution is 0.279. The molecule has 0 unspecified atom stereocenters. The van der Waals surface area contributed by atoms with E-state index in [4.69, 9.17) is 21.1 Å². The number of anilines is 1. The van der Waals surface area contributed by atoms with Gasteiger partial charge in [-0.2, -0.15) is 0 Å². The molecule has 1 aromatic heterocycles. The number of nitrogens with one attached hydrogen (secondary N) is 1. The minimum Gasteiger partial charge on any atom is -0.493 e. The molecule has 0 aliphatic carbocycles. The topological polar surface area (TPSA) is 74.1 Å². The number of nitrogens with zero attached hydrogens (tertiary/aromatic N) is 4.